The number of nitrogens with one attached hydrogen (secondary N) is 1. The minimum atomic E-state index is -0.344. The predicted octanol–water partition coefficient (Wildman–Crippen LogP) is 1.86. The average Bonchev–Trinajstić information content (AvgIpc) is 2.71. The largest absolute Gasteiger partial charge is 0.461 e. The van der Waals surface area contributed by atoms with Crippen LogP contribution in [0, 0.1) is 6.92 Å². The van der Waals surface area contributed by atoms with Gasteiger partial charge in [0.2, 0.25) is 0 Å². The molecule has 3 N–H and O–H groups in total. The topological polar surface area (TPSA) is 68.3 Å². The van der Waals surface area contributed by atoms with E-state index in [0.717, 1.165) is 5.56 Å². The number of nitrogen functional groups attached to an aromatic ring is 1. The third-order valence-corrected chi connectivity index (χ3v) is 2.35. The summed E-state index contributed by atoms with van der Waals surface area (Å²) in [5.74, 6) is 5.96. The van der Waals surface area contributed by atoms with Crippen LogP contribution in [0.4, 0.5) is 0 Å². The third kappa shape index (κ3) is 1.83. The van der Waals surface area contributed by atoms with Gasteiger partial charge < -0.3 is 4.42 Å². The van der Waals surface area contributed by atoms with E-state index in [4.69, 9.17) is 10.3 Å². The van der Waals surface area contributed by atoms with Crippen LogP contribution < -0.4 is 11.3 Å². The zero-order valence-electron chi connectivity index (χ0n) is 8.86. The monoisotopic (exact) mass is 216 g/mol. The van der Waals surface area contributed by atoms with Gasteiger partial charge in [-0.25, -0.2) is 5.84 Å². The van der Waals surface area contributed by atoms with Crippen LogP contribution in [0.25, 0.3) is 11.3 Å². The molecule has 1 aromatic heterocycles. The highest BCUT2D eigenvalue weighted by Gasteiger charge is 2.14. The first-order chi connectivity index (χ1) is 7.72. The van der Waals surface area contributed by atoms with Crippen LogP contribution in [0.5, 0.6) is 0 Å². The van der Waals surface area contributed by atoms with E-state index in [-0.39, 0.29) is 5.91 Å². The summed E-state index contributed by atoms with van der Waals surface area (Å²) in [5, 5.41) is 0. The first-order valence-corrected chi connectivity index (χ1v) is 4.89. The average molecular weight is 216 g/mol. The molecule has 0 atom stereocenters. The van der Waals surface area contributed by atoms with Gasteiger partial charge >= 0.3 is 0 Å². The molecule has 0 fully saturated rings. The van der Waals surface area contributed by atoms with Gasteiger partial charge in [-0.05, 0) is 13.0 Å². The molecule has 0 unspecified atom stereocenters. The molecule has 1 aromatic carbocycles. The lowest BCUT2D eigenvalue weighted by Crippen LogP contribution is -2.30. The number of hydrazine groups is 1. The van der Waals surface area contributed by atoms with Gasteiger partial charge in [-0.3, -0.25) is 10.2 Å². The highest BCUT2D eigenvalue weighted by atomic mass is 16.3. The molecule has 16 heavy (non-hydrogen) atoms. The highest BCUT2D eigenvalue weighted by Crippen LogP contribution is 2.24. The van der Waals surface area contributed by atoms with Crippen molar-refractivity contribution in [2.75, 3.05) is 0 Å². The van der Waals surface area contributed by atoms with Gasteiger partial charge in [0.05, 0.1) is 5.56 Å². The molecule has 0 radical (unpaired) electrons. The summed E-state index contributed by atoms with van der Waals surface area (Å²) in [6.07, 6.45) is 0. The summed E-state index contributed by atoms with van der Waals surface area (Å²) < 4.78 is 5.51. The lowest BCUT2D eigenvalue weighted by molar-refractivity contribution is 0.0952. The van der Waals surface area contributed by atoms with E-state index in [1.165, 1.54) is 0 Å². The minimum absolute atomic E-state index is 0.344. The summed E-state index contributed by atoms with van der Waals surface area (Å²) in [6, 6.07) is 11.3. The molecule has 2 aromatic rings. The van der Waals surface area contributed by atoms with Gasteiger partial charge in [-0.1, -0.05) is 30.3 Å². The van der Waals surface area contributed by atoms with Crippen LogP contribution in [-0.4, -0.2) is 5.91 Å². The quantitative estimate of drug-likeness (QED) is 0.457. The zero-order chi connectivity index (χ0) is 11.5. The molecule has 1 amide bonds. The van der Waals surface area contributed by atoms with E-state index in [1.54, 1.807) is 13.0 Å². The van der Waals surface area contributed by atoms with E-state index in [9.17, 15) is 4.79 Å². The Morgan fingerprint density at radius 1 is 1.31 bits per heavy atom. The SMILES string of the molecule is Cc1oc(-c2ccccc2)cc1C(=O)NN. The van der Waals surface area contributed by atoms with Crippen LogP contribution >= 0.6 is 0 Å². The number of nitrogens with two attached hydrogens (primary N) is 1. The van der Waals surface area contributed by atoms with Crippen molar-refractivity contribution in [3.63, 3.8) is 0 Å². The van der Waals surface area contributed by atoms with Crippen molar-refractivity contribution in [1.29, 1.82) is 0 Å². The van der Waals surface area contributed by atoms with Gasteiger partial charge in [-0.2, -0.15) is 0 Å². The Morgan fingerprint density at radius 2 is 2.00 bits per heavy atom. The Hall–Kier alpha value is -2.07. The molecule has 4 nitrogen and oxygen atoms in total. The zero-order valence-corrected chi connectivity index (χ0v) is 8.86. The van der Waals surface area contributed by atoms with Crippen molar-refractivity contribution in [3.8, 4) is 11.3 Å². The normalized spacial score (nSPS) is 10.1. The first-order valence-electron chi connectivity index (χ1n) is 4.89. The molecule has 4 heteroatoms. The minimum Gasteiger partial charge on any atom is -0.461 e. The van der Waals surface area contributed by atoms with Crippen LogP contribution in [0.1, 0.15) is 16.1 Å². The Balaban J connectivity index is 2.42. The Morgan fingerprint density at radius 3 is 2.62 bits per heavy atom. The number of amides is 1. The molecule has 1 heterocycles. The van der Waals surface area contributed by atoms with E-state index in [1.807, 2.05) is 30.3 Å². The smallest absolute Gasteiger partial charge is 0.268 e. The molecule has 2 rings (SSSR count). The van der Waals surface area contributed by atoms with Crippen molar-refractivity contribution < 1.29 is 9.21 Å². The second-order valence-electron chi connectivity index (χ2n) is 3.42. The molecule has 82 valence electrons. The van der Waals surface area contributed by atoms with Crippen LogP contribution in [-0.2, 0) is 0 Å². The summed E-state index contributed by atoms with van der Waals surface area (Å²) >= 11 is 0. The number of aryl methyl sites for hydroxylation is 1. The fraction of sp³-hybridized carbons (Fsp3) is 0.0833. The number of benzene rings is 1. The molecule has 0 aliphatic heterocycles. The third-order valence-electron chi connectivity index (χ3n) is 2.35. The number of rotatable bonds is 2. The maximum Gasteiger partial charge on any atom is 0.268 e. The number of furan rings is 1. The van der Waals surface area contributed by atoms with Gasteiger partial charge in [-0.15, -0.1) is 0 Å². The second-order valence-corrected chi connectivity index (χ2v) is 3.42. The van der Waals surface area contributed by atoms with Crippen LogP contribution in [0.2, 0.25) is 0 Å². The molecule has 0 saturated heterocycles. The maximum atomic E-state index is 11.4. The van der Waals surface area contributed by atoms with Gasteiger partial charge in [0, 0.05) is 5.56 Å². The number of hydrogen-bond acceptors (Lipinski definition) is 3. The van der Waals surface area contributed by atoms with E-state index >= 15 is 0 Å². The second kappa shape index (κ2) is 4.20. The van der Waals surface area contributed by atoms with Crippen molar-refractivity contribution in [3.05, 3.63) is 47.7 Å². The predicted molar refractivity (Wildman–Crippen MR) is 60.5 cm³/mol. The maximum absolute atomic E-state index is 11.4. The van der Waals surface area contributed by atoms with Gasteiger partial charge in [0.1, 0.15) is 11.5 Å². The molecular formula is C12H12N2O2. The van der Waals surface area contributed by atoms with Crippen molar-refractivity contribution >= 4 is 5.91 Å². The standard InChI is InChI=1S/C12H12N2O2/c1-8-10(12(15)14-13)7-11(16-8)9-5-3-2-4-6-9/h2-7H,13H2,1H3,(H,14,15). The fourth-order valence-corrected chi connectivity index (χ4v) is 1.53. The molecule has 0 aliphatic carbocycles. The van der Waals surface area contributed by atoms with Gasteiger partial charge in [0.25, 0.3) is 5.91 Å². The Kier molecular flexibility index (Phi) is 2.74. The van der Waals surface area contributed by atoms with Crippen LogP contribution in [0.15, 0.2) is 40.8 Å². The number of hydrogen-bond donors (Lipinski definition) is 2. The number of carbonyl (C=O) groups excluding carboxylic acids is 1. The fourth-order valence-electron chi connectivity index (χ4n) is 1.53. The summed E-state index contributed by atoms with van der Waals surface area (Å²) in [5.41, 5.74) is 3.48. The van der Waals surface area contributed by atoms with Crippen molar-refractivity contribution in [1.82, 2.24) is 5.43 Å². The molecular weight excluding hydrogens is 204 g/mol. The van der Waals surface area contributed by atoms with Crippen molar-refractivity contribution in [2.45, 2.75) is 6.92 Å². The number of carbonyl (C=O) groups is 1. The summed E-state index contributed by atoms with van der Waals surface area (Å²) in [7, 11) is 0. The van der Waals surface area contributed by atoms with Crippen molar-refractivity contribution in [2.24, 2.45) is 5.84 Å². The first kappa shape index (κ1) is 10.4. The van der Waals surface area contributed by atoms with E-state index < -0.39 is 0 Å². The van der Waals surface area contributed by atoms with E-state index in [2.05, 4.69) is 5.43 Å². The van der Waals surface area contributed by atoms with E-state index in [0.29, 0.717) is 17.1 Å². The molecule has 0 aliphatic rings. The lowest BCUT2D eigenvalue weighted by Gasteiger charge is -1.93. The molecule has 0 saturated carbocycles. The van der Waals surface area contributed by atoms with Crippen LogP contribution in [0.3, 0.4) is 0 Å². The highest BCUT2D eigenvalue weighted by molar-refractivity contribution is 5.95. The Labute approximate surface area is 93.0 Å². The lowest BCUT2D eigenvalue weighted by atomic mass is 10.1. The summed E-state index contributed by atoms with van der Waals surface area (Å²) in [6.45, 7) is 1.73. The molecule has 0 spiro atoms. The van der Waals surface area contributed by atoms with Gasteiger partial charge in [0.15, 0.2) is 0 Å². The summed E-state index contributed by atoms with van der Waals surface area (Å²) in [4.78, 5) is 11.4. The molecule has 0 bridgehead atoms. The Bertz CT molecular complexity index is 503.